The molecule has 1 atom stereocenters. The Balaban J connectivity index is 4.26. The average molecular weight is 227 g/mol. The fourth-order valence-corrected chi connectivity index (χ4v) is 1.37. The monoisotopic (exact) mass is 227 g/mol. The molecule has 0 bridgehead atoms. The lowest BCUT2D eigenvalue weighted by atomic mass is 9.77. The van der Waals surface area contributed by atoms with Gasteiger partial charge in [-0.1, -0.05) is 46.4 Å². The van der Waals surface area contributed by atoms with Crippen molar-refractivity contribution in [2.75, 3.05) is 6.61 Å². The lowest BCUT2D eigenvalue weighted by Crippen LogP contribution is -2.23. The third kappa shape index (κ3) is 7.32. The zero-order chi connectivity index (χ0) is 12.8. The minimum absolute atomic E-state index is 0.00619. The normalized spacial score (nSPS) is 14.4. The molecule has 0 aliphatic carbocycles. The second-order valence-electron chi connectivity index (χ2n) is 5.70. The van der Waals surface area contributed by atoms with E-state index in [1.165, 1.54) is 0 Å². The van der Waals surface area contributed by atoms with Crippen molar-refractivity contribution in [3.05, 3.63) is 12.3 Å². The third-order valence-corrected chi connectivity index (χ3v) is 2.38. The van der Waals surface area contributed by atoms with Crippen LogP contribution >= 0.6 is 0 Å². The molecule has 16 heavy (non-hydrogen) atoms. The summed E-state index contributed by atoms with van der Waals surface area (Å²) in [5.41, 5.74) is 0.174. The molecule has 0 aromatic rings. The van der Waals surface area contributed by atoms with Gasteiger partial charge in [-0.05, 0) is 17.8 Å². The van der Waals surface area contributed by atoms with Crippen molar-refractivity contribution in [1.29, 1.82) is 0 Å². The van der Waals surface area contributed by atoms with Crippen molar-refractivity contribution in [3.63, 3.8) is 0 Å². The number of oxime groups is 1. The summed E-state index contributed by atoms with van der Waals surface area (Å²) in [5.74, 6) is 0.997. The van der Waals surface area contributed by atoms with Gasteiger partial charge in [0.1, 0.15) is 5.76 Å². The molecule has 94 valence electrons. The number of nitrogens with zero attached hydrogens (tertiary/aromatic N) is 1. The molecular formula is C13H25NO2. The topological polar surface area (TPSA) is 41.8 Å². The Morgan fingerprint density at radius 3 is 2.38 bits per heavy atom. The van der Waals surface area contributed by atoms with Crippen molar-refractivity contribution < 1.29 is 9.94 Å². The van der Waals surface area contributed by atoms with E-state index >= 15 is 0 Å². The lowest BCUT2D eigenvalue weighted by Gasteiger charge is -2.28. The maximum Gasteiger partial charge on any atom is 0.173 e. The van der Waals surface area contributed by atoms with Crippen LogP contribution in [0.1, 0.15) is 41.0 Å². The Kier molecular flexibility index (Phi) is 6.16. The predicted molar refractivity (Wildman–Crippen MR) is 68.6 cm³/mol. The Labute approximate surface area is 99.2 Å². The summed E-state index contributed by atoms with van der Waals surface area (Å²) in [6, 6.07) is 0. The molecule has 0 saturated heterocycles. The van der Waals surface area contributed by atoms with Gasteiger partial charge in [-0.15, -0.1) is 0 Å². The van der Waals surface area contributed by atoms with E-state index in [2.05, 4.69) is 46.4 Å². The van der Waals surface area contributed by atoms with Crippen LogP contribution in [-0.4, -0.2) is 17.9 Å². The van der Waals surface area contributed by atoms with Gasteiger partial charge in [0.2, 0.25) is 0 Å². The largest absolute Gasteiger partial charge is 0.509 e. The van der Waals surface area contributed by atoms with Crippen molar-refractivity contribution in [2.45, 2.75) is 41.0 Å². The van der Waals surface area contributed by atoms with Crippen LogP contribution in [0.5, 0.6) is 0 Å². The smallest absolute Gasteiger partial charge is 0.173 e. The van der Waals surface area contributed by atoms with Crippen LogP contribution < -0.4 is 0 Å². The molecule has 0 spiro atoms. The minimum atomic E-state index is -0.00619. The molecule has 0 amide bonds. The van der Waals surface area contributed by atoms with Crippen molar-refractivity contribution >= 4 is 6.21 Å². The van der Waals surface area contributed by atoms with Gasteiger partial charge in [0.05, 0.1) is 0 Å². The highest BCUT2D eigenvalue weighted by atomic mass is 16.6. The molecule has 1 N–H and O–H groups in total. The van der Waals surface area contributed by atoms with Crippen LogP contribution in [0.4, 0.5) is 0 Å². The summed E-state index contributed by atoms with van der Waals surface area (Å²) in [5, 5.41) is 12.7. The van der Waals surface area contributed by atoms with Crippen LogP contribution in [0.15, 0.2) is 17.5 Å². The molecule has 0 radical (unpaired) electrons. The first kappa shape index (κ1) is 15.0. The Bertz CT molecular complexity index is 239. The molecule has 0 aromatic heterocycles. The molecule has 0 aromatic carbocycles. The highest BCUT2D eigenvalue weighted by molar-refractivity contribution is 5.61. The summed E-state index contributed by atoms with van der Waals surface area (Å²) < 4.78 is 0. The fraction of sp³-hybridized carbons (Fsp3) is 0.769. The molecule has 1 unspecified atom stereocenters. The second kappa shape index (κ2) is 6.56. The maximum absolute atomic E-state index is 8.83. The number of hydrogen-bond acceptors (Lipinski definition) is 3. The zero-order valence-electron chi connectivity index (χ0n) is 11.2. The molecule has 0 saturated carbocycles. The standard InChI is InChI=1S/C13H25NO2/c1-10(2)7-12(13(4,5)6)8-14-16-9-11(3)15/h8,10,12,15H,3,7,9H2,1-2,4-6H3/b14-8+. The van der Waals surface area contributed by atoms with Crippen molar-refractivity contribution in [2.24, 2.45) is 22.4 Å². The summed E-state index contributed by atoms with van der Waals surface area (Å²) in [4.78, 5) is 4.92. The zero-order valence-corrected chi connectivity index (χ0v) is 11.2. The first-order valence-electron chi connectivity index (χ1n) is 5.75. The van der Waals surface area contributed by atoms with E-state index < -0.39 is 0 Å². The maximum atomic E-state index is 8.83. The highest BCUT2D eigenvalue weighted by Crippen LogP contribution is 2.29. The Hall–Kier alpha value is -0.990. The number of rotatable bonds is 6. The van der Waals surface area contributed by atoms with Gasteiger partial charge in [-0.2, -0.15) is 0 Å². The van der Waals surface area contributed by atoms with Crippen molar-refractivity contribution in [1.82, 2.24) is 0 Å². The number of aliphatic hydroxyl groups excluding tert-OH is 1. The summed E-state index contributed by atoms with van der Waals surface area (Å²) in [7, 11) is 0. The van der Waals surface area contributed by atoms with Gasteiger partial charge in [-0.25, -0.2) is 0 Å². The SMILES string of the molecule is C=C(O)CO/N=C/C(CC(C)C)C(C)(C)C. The first-order chi connectivity index (χ1) is 7.23. The lowest BCUT2D eigenvalue weighted by molar-refractivity contribution is 0.135. The molecule has 3 heteroatoms. The van der Waals surface area contributed by atoms with E-state index in [1.54, 1.807) is 0 Å². The third-order valence-electron chi connectivity index (χ3n) is 2.38. The van der Waals surface area contributed by atoms with Gasteiger partial charge in [0, 0.05) is 12.1 Å². The van der Waals surface area contributed by atoms with Crippen LogP contribution in [0.3, 0.4) is 0 Å². The van der Waals surface area contributed by atoms with Crippen LogP contribution in [0.25, 0.3) is 0 Å². The summed E-state index contributed by atoms with van der Waals surface area (Å²) >= 11 is 0. The van der Waals surface area contributed by atoms with Gasteiger partial charge in [0.15, 0.2) is 6.61 Å². The van der Waals surface area contributed by atoms with Crippen molar-refractivity contribution in [3.8, 4) is 0 Å². The molecule has 0 rings (SSSR count). The van der Waals surface area contributed by atoms with E-state index in [0.29, 0.717) is 11.8 Å². The summed E-state index contributed by atoms with van der Waals surface area (Å²) in [6.07, 6.45) is 2.92. The van der Waals surface area contributed by atoms with Gasteiger partial charge >= 0.3 is 0 Å². The van der Waals surface area contributed by atoms with E-state index in [0.717, 1.165) is 6.42 Å². The molecule has 3 nitrogen and oxygen atoms in total. The quantitative estimate of drug-likeness (QED) is 0.426. The van der Waals surface area contributed by atoms with Gasteiger partial charge in [0.25, 0.3) is 0 Å². The van der Waals surface area contributed by atoms with Crippen LogP contribution in [0, 0.1) is 17.3 Å². The van der Waals surface area contributed by atoms with Crippen LogP contribution in [0.2, 0.25) is 0 Å². The van der Waals surface area contributed by atoms with E-state index in [1.807, 2.05) is 6.21 Å². The van der Waals surface area contributed by atoms with E-state index in [-0.39, 0.29) is 17.8 Å². The first-order valence-corrected chi connectivity index (χ1v) is 5.75. The number of aliphatic hydroxyl groups is 1. The Morgan fingerprint density at radius 2 is 2.00 bits per heavy atom. The predicted octanol–water partition coefficient (Wildman–Crippen LogP) is 3.77. The molecule has 0 fully saturated rings. The average Bonchev–Trinajstić information content (AvgIpc) is 2.07. The second-order valence-corrected chi connectivity index (χ2v) is 5.70. The van der Waals surface area contributed by atoms with E-state index in [9.17, 15) is 0 Å². The van der Waals surface area contributed by atoms with Crippen LogP contribution in [-0.2, 0) is 4.84 Å². The van der Waals surface area contributed by atoms with Gasteiger partial charge in [-0.3, -0.25) is 0 Å². The van der Waals surface area contributed by atoms with Gasteiger partial charge < -0.3 is 9.94 Å². The summed E-state index contributed by atoms with van der Waals surface area (Å²) in [6.45, 7) is 14.4. The molecule has 0 heterocycles. The number of hydrogen-bond donors (Lipinski definition) is 1. The fourth-order valence-electron chi connectivity index (χ4n) is 1.37. The minimum Gasteiger partial charge on any atom is -0.509 e. The highest BCUT2D eigenvalue weighted by Gasteiger charge is 2.23. The molecule has 0 aliphatic rings. The van der Waals surface area contributed by atoms with E-state index in [4.69, 9.17) is 9.94 Å². The molecular weight excluding hydrogens is 202 g/mol. The Morgan fingerprint density at radius 1 is 1.44 bits per heavy atom. The molecule has 0 aliphatic heterocycles.